The van der Waals surface area contributed by atoms with Crippen molar-refractivity contribution in [3.8, 4) is 0 Å². The van der Waals surface area contributed by atoms with Crippen LogP contribution in [0.1, 0.15) is 106 Å². The highest BCUT2D eigenvalue weighted by Crippen LogP contribution is 2.68. The first-order valence-corrected chi connectivity index (χ1v) is 15.0. The molecule has 0 radical (unpaired) electrons. The SMILES string of the molecule is C[C@H](CCC(=O)O)[C@H]1CC[C@H]2[C@@H]3CC[C@@H]4C[C@@H](NC(=O)c5ccccc5C(=O)O)CC[C@]4(C)[C@H]3C[C@H](O)[C@]12C. The van der Waals surface area contributed by atoms with Crippen molar-refractivity contribution in [2.24, 2.45) is 46.3 Å². The van der Waals surface area contributed by atoms with Crippen LogP contribution >= 0.6 is 0 Å². The highest BCUT2D eigenvalue weighted by atomic mass is 16.4. The molecule has 7 nitrogen and oxygen atoms in total. The van der Waals surface area contributed by atoms with Crippen LogP contribution in [0.4, 0.5) is 0 Å². The second-order valence-electron chi connectivity index (χ2n) is 13.7. The van der Waals surface area contributed by atoms with Gasteiger partial charge in [-0.15, -0.1) is 0 Å². The van der Waals surface area contributed by atoms with Crippen LogP contribution in [0.5, 0.6) is 0 Å². The van der Waals surface area contributed by atoms with Crippen molar-refractivity contribution < 1.29 is 29.7 Å². The molecule has 0 heterocycles. The molecule has 4 saturated carbocycles. The number of hydrogen-bond acceptors (Lipinski definition) is 4. The Labute approximate surface area is 231 Å². The molecule has 4 N–H and O–H groups in total. The fraction of sp³-hybridized carbons (Fsp3) is 0.719. The molecular weight excluding hydrogens is 494 g/mol. The van der Waals surface area contributed by atoms with Crippen molar-refractivity contribution >= 4 is 17.8 Å². The zero-order valence-electron chi connectivity index (χ0n) is 23.6. The summed E-state index contributed by atoms with van der Waals surface area (Å²) in [7, 11) is 0. The van der Waals surface area contributed by atoms with Crippen LogP contribution < -0.4 is 5.32 Å². The smallest absolute Gasteiger partial charge is 0.336 e. The molecule has 5 rings (SSSR count). The fourth-order valence-electron chi connectivity index (χ4n) is 10.00. The topological polar surface area (TPSA) is 124 Å². The first kappa shape index (κ1) is 28.1. The average Bonchev–Trinajstić information content (AvgIpc) is 3.26. The number of aliphatic carboxylic acids is 1. The molecule has 4 fully saturated rings. The molecule has 0 aliphatic heterocycles. The largest absolute Gasteiger partial charge is 0.481 e. The molecule has 4 aliphatic rings. The number of benzene rings is 1. The summed E-state index contributed by atoms with van der Waals surface area (Å²) in [5.41, 5.74) is 0.219. The van der Waals surface area contributed by atoms with E-state index in [0.717, 1.165) is 51.4 Å². The number of aliphatic hydroxyl groups is 1. The summed E-state index contributed by atoms with van der Waals surface area (Å²) >= 11 is 0. The van der Waals surface area contributed by atoms with Gasteiger partial charge in [0, 0.05) is 12.5 Å². The van der Waals surface area contributed by atoms with Crippen LogP contribution in [0.15, 0.2) is 24.3 Å². The van der Waals surface area contributed by atoms with Crippen molar-refractivity contribution in [1.82, 2.24) is 5.32 Å². The first-order valence-electron chi connectivity index (χ1n) is 15.0. The van der Waals surface area contributed by atoms with Crippen LogP contribution in [0.3, 0.4) is 0 Å². The third-order valence-corrected chi connectivity index (χ3v) is 12.1. The zero-order chi connectivity index (χ0) is 28.1. The van der Waals surface area contributed by atoms with Crippen molar-refractivity contribution in [3.63, 3.8) is 0 Å². The van der Waals surface area contributed by atoms with Crippen LogP contribution in [0.25, 0.3) is 0 Å². The number of nitrogens with one attached hydrogen (secondary N) is 1. The van der Waals surface area contributed by atoms with E-state index < -0.39 is 11.9 Å². The second kappa shape index (κ2) is 10.5. The number of carboxylic acids is 2. The molecule has 1 amide bonds. The third kappa shape index (κ3) is 4.79. The normalized spacial score (nSPS) is 40.1. The van der Waals surface area contributed by atoms with Crippen molar-refractivity contribution in [1.29, 1.82) is 0 Å². The lowest BCUT2D eigenvalue weighted by Crippen LogP contribution is -2.59. The standard InChI is InChI=1S/C32H45NO6/c1-18(8-13-28(35)36)24-11-12-25-23-10-9-19-16-20(33-29(37)21-6-4-5-7-22(21)30(38)39)14-15-31(19,2)26(23)17-27(34)32(24,25)3/h4-7,18-20,23-27,34H,8-17H2,1-3H3,(H,33,37)(H,35,36)(H,38,39)/t18-,19-,20+,23+,24-,25+,26+,27+,31+,32-/m1/s1. The minimum absolute atomic E-state index is 0.0266. The minimum Gasteiger partial charge on any atom is -0.481 e. The van der Waals surface area contributed by atoms with E-state index in [1.165, 1.54) is 6.07 Å². The van der Waals surface area contributed by atoms with Gasteiger partial charge in [0.15, 0.2) is 0 Å². The molecule has 0 saturated heterocycles. The predicted molar refractivity (Wildman–Crippen MR) is 147 cm³/mol. The Morgan fingerprint density at radius 1 is 0.974 bits per heavy atom. The minimum atomic E-state index is -1.09. The van der Waals surface area contributed by atoms with E-state index in [0.29, 0.717) is 41.9 Å². The summed E-state index contributed by atoms with van der Waals surface area (Å²) < 4.78 is 0. The maximum atomic E-state index is 13.0. The van der Waals surface area contributed by atoms with Crippen LogP contribution in [-0.2, 0) is 4.79 Å². The summed E-state index contributed by atoms with van der Waals surface area (Å²) in [5, 5.41) is 33.6. The molecule has 7 heteroatoms. The lowest BCUT2D eigenvalue weighted by Gasteiger charge is -2.62. The van der Waals surface area contributed by atoms with Gasteiger partial charge in [-0.3, -0.25) is 9.59 Å². The lowest BCUT2D eigenvalue weighted by atomic mass is 9.43. The molecule has 10 atom stereocenters. The van der Waals surface area contributed by atoms with E-state index in [4.69, 9.17) is 0 Å². The Balaban J connectivity index is 1.28. The second-order valence-corrected chi connectivity index (χ2v) is 13.7. The van der Waals surface area contributed by atoms with Gasteiger partial charge in [0.05, 0.1) is 17.2 Å². The average molecular weight is 540 g/mol. The molecule has 0 spiro atoms. The van der Waals surface area contributed by atoms with E-state index in [-0.39, 0.29) is 46.4 Å². The van der Waals surface area contributed by atoms with Gasteiger partial charge in [0.2, 0.25) is 0 Å². The molecular formula is C32H45NO6. The number of aliphatic hydroxyl groups excluding tert-OH is 1. The first-order chi connectivity index (χ1) is 18.5. The molecule has 1 aromatic rings. The monoisotopic (exact) mass is 539 g/mol. The summed E-state index contributed by atoms with van der Waals surface area (Å²) in [6.07, 6.45) is 8.55. The van der Waals surface area contributed by atoms with Crippen molar-refractivity contribution in [2.45, 2.75) is 97.1 Å². The zero-order valence-corrected chi connectivity index (χ0v) is 23.6. The fourth-order valence-corrected chi connectivity index (χ4v) is 10.00. The Bertz CT molecular complexity index is 1120. The summed E-state index contributed by atoms with van der Waals surface area (Å²) in [6.45, 7) is 6.90. The maximum absolute atomic E-state index is 13.0. The van der Waals surface area contributed by atoms with E-state index in [1.807, 2.05) is 0 Å². The summed E-state index contributed by atoms with van der Waals surface area (Å²) in [6, 6.07) is 6.41. The molecule has 4 aliphatic carbocycles. The maximum Gasteiger partial charge on any atom is 0.336 e. The Morgan fingerprint density at radius 3 is 2.38 bits per heavy atom. The highest BCUT2D eigenvalue weighted by molar-refractivity contribution is 6.04. The lowest BCUT2D eigenvalue weighted by molar-refractivity contribution is -0.169. The number of amides is 1. The van der Waals surface area contributed by atoms with Crippen molar-refractivity contribution in [3.05, 3.63) is 35.4 Å². The van der Waals surface area contributed by atoms with Gasteiger partial charge < -0.3 is 20.6 Å². The molecule has 214 valence electrons. The number of carbonyl (C=O) groups is 3. The Morgan fingerprint density at radius 2 is 1.69 bits per heavy atom. The number of rotatable bonds is 7. The van der Waals surface area contributed by atoms with E-state index >= 15 is 0 Å². The predicted octanol–water partition coefficient (Wildman–Crippen LogP) is 5.61. The number of carbonyl (C=O) groups excluding carboxylic acids is 1. The third-order valence-electron chi connectivity index (χ3n) is 12.1. The molecule has 39 heavy (non-hydrogen) atoms. The van der Waals surface area contributed by atoms with Crippen molar-refractivity contribution in [2.75, 3.05) is 0 Å². The van der Waals surface area contributed by atoms with Gasteiger partial charge in [0.1, 0.15) is 0 Å². The van der Waals surface area contributed by atoms with E-state index in [9.17, 15) is 29.7 Å². The number of hydrogen-bond donors (Lipinski definition) is 4. The Kier molecular flexibility index (Phi) is 7.60. The van der Waals surface area contributed by atoms with Crippen LogP contribution in [0, 0.1) is 46.3 Å². The van der Waals surface area contributed by atoms with Gasteiger partial charge in [-0.2, -0.15) is 0 Å². The molecule has 1 aromatic carbocycles. The highest BCUT2D eigenvalue weighted by Gasteiger charge is 2.63. The van der Waals surface area contributed by atoms with Gasteiger partial charge in [-0.25, -0.2) is 4.79 Å². The van der Waals surface area contributed by atoms with Gasteiger partial charge in [-0.1, -0.05) is 32.9 Å². The van der Waals surface area contributed by atoms with E-state index in [1.54, 1.807) is 18.2 Å². The van der Waals surface area contributed by atoms with Gasteiger partial charge in [-0.05, 0) is 116 Å². The van der Waals surface area contributed by atoms with Crippen LogP contribution in [-0.4, -0.2) is 45.3 Å². The molecule has 0 aromatic heterocycles. The molecule has 0 bridgehead atoms. The number of carboxylic acid groups (broad SMARTS) is 2. The quantitative estimate of drug-likeness (QED) is 0.357. The summed E-state index contributed by atoms with van der Waals surface area (Å²) in [5.74, 6) is 0.503. The van der Waals surface area contributed by atoms with Gasteiger partial charge >= 0.3 is 11.9 Å². The van der Waals surface area contributed by atoms with Crippen LogP contribution in [0.2, 0.25) is 0 Å². The molecule has 0 unspecified atom stereocenters. The summed E-state index contributed by atoms with van der Waals surface area (Å²) in [4.78, 5) is 35.8. The van der Waals surface area contributed by atoms with E-state index in [2.05, 4.69) is 26.1 Å². The van der Waals surface area contributed by atoms with Gasteiger partial charge in [0.25, 0.3) is 5.91 Å². The number of fused-ring (bicyclic) bond motifs is 5. The Hall–Kier alpha value is -2.41. The number of aromatic carboxylic acids is 1.